The van der Waals surface area contributed by atoms with E-state index in [1.165, 1.54) is 0 Å². The number of hydrogen-bond donors (Lipinski definition) is 4. The summed E-state index contributed by atoms with van der Waals surface area (Å²) in [7, 11) is 0. The van der Waals surface area contributed by atoms with E-state index in [9.17, 15) is 9.90 Å². The van der Waals surface area contributed by atoms with Crippen molar-refractivity contribution in [2.24, 2.45) is 5.73 Å². The Hall–Kier alpha value is -1.59. The quantitative estimate of drug-likeness (QED) is 0.561. The maximum atomic E-state index is 10.6. The Morgan fingerprint density at radius 2 is 2.00 bits per heavy atom. The summed E-state index contributed by atoms with van der Waals surface area (Å²) in [6, 6.07) is 6.66. The number of aliphatic hydroxyl groups excluding tert-OH is 1. The average molecular weight is 224 g/mol. The lowest BCUT2D eigenvalue weighted by atomic mass is 10.1. The fourth-order valence-electron chi connectivity index (χ4n) is 1.27. The molecule has 1 amide bonds. The molecule has 0 saturated carbocycles. The van der Waals surface area contributed by atoms with Crippen LogP contribution in [-0.4, -0.2) is 28.8 Å². The fourth-order valence-corrected chi connectivity index (χ4v) is 1.27. The molecule has 1 aromatic rings. The molecule has 0 heterocycles. The molecule has 0 aliphatic heterocycles. The van der Waals surface area contributed by atoms with Gasteiger partial charge >= 0.3 is 0 Å². The van der Waals surface area contributed by atoms with E-state index in [4.69, 9.17) is 10.8 Å². The lowest BCUT2D eigenvalue weighted by Gasteiger charge is -2.15. The van der Waals surface area contributed by atoms with Crippen LogP contribution in [0.1, 0.15) is 18.5 Å². The number of benzene rings is 1. The molecule has 0 spiro atoms. The second kappa shape index (κ2) is 5.48. The maximum absolute atomic E-state index is 10.6. The molecule has 88 valence electrons. The van der Waals surface area contributed by atoms with Crippen molar-refractivity contribution in [1.82, 2.24) is 5.32 Å². The first-order chi connectivity index (χ1) is 7.50. The van der Waals surface area contributed by atoms with Crippen molar-refractivity contribution in [2.75, 3.05) is 6.54 Å². The van der Waals surface area contributed by atoms with E-state index in [1.807, 2.05) is 6.92 Å². The van der Waals surface area contributed by atoms with Crippen LogP contribution in [0.3, 0.4) is 0 Å². The smallest absolute Gasteiger partial charge is 0.247 e. The van der Waals surface area contributed by atoms with E-state index in [-0.39, 0.29) is 18.3 Å². The highest BCUT2D eigenvalue weighted by Gasteiger charge is 2.12. The van der Waals surface area contributed by atoms with Crippen LogP contribution in [0.4, 0.5) is 0 Å². The minimum absolute atomic E-state index is 0.0328. The van der Waals surface area contributed by atoms with E-state index >= 15 is 0 Å². The summed E-state index contributed by atoms with van der Waals surface area (Å²) in [6.07, 6.45) is -1.18. The molecule has 0 aliphatic carbocycles. The van der Waals surface area contributed by atoms with Gasteiger partial charge in [-0.15, -0.1) is 0 Å². The van der Waals surface area contributed by atoms with Gasteiger partial charge in [0.1, 0.15) is 11.9 Å². The summed E-state index contributed by atoms with van der Waals surface area (Å²) in [5.74, 6) is -0.543. The molecule has 5 N–H and O–H groups in total. The molecule has 1 aromatic carbocycles. The van der Waals surface area contributed by atoms with Gasteiger partial charge in [0.15, 0.2) is 0 Å². The summed E-state index contributed by atoms with van der Waals surface area (Å²) in [4.78, 5) is 10.6. The molecule has 2 atom stereocenters. The van der Waals surface area contributed by atoms with Gasteiger partial charge in [0.2, 0.25) is 5.91 Å². The van der Waals surface area contributed by atoms with Gasteiger partial charge in [-0.25, -0.2) is 0 Å². The molecular weight excluding hydrogens is 208 g/mol. The summed E-state index contributed by atoms with van der Waals surface area (Å²) in [6.45, 7) is 2.00. The van der Waals surface area contributed by atoms with Gasteiger partial charge in [0.25, 0.3) is 0 Å². The number of carbonyl (C=O) groups is 1. The summed E-state index contributed by atoms with van der Waals surface area (Å²) in [5.41, 5.74) is 5.87. The zero-order valence-corrected chi connectivity index (χ0v) is 9.05. The summed E-state index contributed by atoms with van der Waals surface area (Å²) >= 11 is 0. The normalized spacial score (nSPS) is 14.4. The van der Waals surface area contributed by atoms with Gasteiger partial charge in [-0.1, -0.05) is 12.1 Å². The Morgan fingerprint density at radius 3 is 2.50 bits per heavy atom. The van der Waals surface area contributed by atoms with Crippen molar-refractivity contribution >= 4 is 5.91 Å². The van der Waals surface area contributed by atoms with Crippen LogP contribution in [0.15, 0.2) is 24.3 Å². The molecule has 0 radical (unpaired) electrons. The molecule has 2 unspecified atom stereocenters. The molecule has 0 bridgehead atoms. The number of carbonyl (C=O) groups excluding carboxylic acids is 1. The third-order valence-corrected chi connectivity index (χ3v) is 2.34. The first-order valence-corrected chi connectivity index (χ1v) is 5.00. The SMILES string of the molecule is CC(NCC(O)C(N)=O)c1ccc(O)cc1. The number of nitrogens with two attached hydrogens (primary N) is 1. The highest BCUT2D eigenvalue weighted by Crippen LogP contribution is 2.15. The van der Waals surface area contributed by atoms with Crippen LogP contribution in [0.2, 0.25) is 0 Å². The number of nitrogens with one attached hydrogen (secondary N) is 1. The molecule has 0 fully saturated rings. The van der Waals surface area contributed by atoms with Gasteiger partial charge in [0, 0.05) is 12.6 Å². The van der Waals surface area contributed by atoms with E-state index in [2.05, 4.69) is 5.32 Å². The number of phenolic OH excluding ortho intramolecular Hbond substituents is 1. The first kappa shape index (κ1) is 12.5. The standard InChI is InChI=1S/C11H16N2O3/c1-7(13-6-10(15)11(12)16)8-2-4-9(14)5-3-8/h2-5,7,10,13-15H,6H2,1H3,(H2,12,16). The number of phenols is 1. The Labute approximate surface area is 93.9 Å². The minimum atomic E-state index is -1.18. The van der Waals surface area contributed by atoms with E-state index in [0.29, 0.717) is 0 Å². The number of rotatable bonds is 5. The van der Waals surface area contributed by atoms with Gasteiger partial charge < -0.3 is 21.3 Å². The van der Waals surface area contributed by atoms with Crippen LogP contribution in [0, 0.1) is 0 Å². The highest BCUT2D eigenvalue weighted by molar-refractivity contribution is 5.78. The predicted molar refractivity (Wildman–Crippen MR) is 59.7 cm³/mol. The Bertz CT molecular complexity index is 351. The van der Waals surface area contributed by atoms with Gasteiger partial charge in [-0.3, -0.25) is 4.79 Å². The van der Waals surface area contributed by atoms with Crippen molar-refractivity contribution < 1.29 is 15.0 Å². The molecule has 0 saturated heterocycles. The molecule has 16 heavy (non-hydrogen) atoms. The van der Waals surface area contributed by atoms with E-state index < -0.39 is 12.0 Å². The maximum Gasteiger partial charge on any atom is 0.247 e. The van der Waals surface area contributed by atoms with Crippen LogP contribution in [-0.2, 0) is 4.79 Å². The molecule has 1 rings (SSSR count). The van der Waals surface area contributed by atoms with Crippen LogP contribution in [0.5, 0.6) is 5.75 Å². The number of primary amides is 1. The van der Waals surface area contributed by atoms with Crippen LogP contribution < -0.4 is 11.1 Å². The highest BCUT2D eigenvalue weighted by atomic mass is 16.3. The summed E-state index contributed by atoms with van der Waals surface area (Å²) in [5, 5.41) is 21.3. The van der Waals surface area contributed by atoms with E-state index in [1.54, 1.807) is 24.3 Å². The lowest BCUT2D eigenvalue weighted by molar-refractivity contribution is -0.125. The van der Waals surface area contributed by atoms with Crippen LogP contribution in [0.25, 0.3) is 0 Å². The van der Waals surface area contributed by atoms with Gasteiger partial charge in [-0.2, -0.15) is 0 Å². The topological polar surface area (TPSA) is 95.6 Å². The van der Waals surface area contributed by atoms with Gasteiger partial charge in [-0.05, 0) is 24.6 Å². The Balaban J connectivity index is 2.49. The average Bonchev–Trinajstić information content (AvgIpc) is 2.26. The second-order valence-corrected chi connectivity index (χ2v) is 3.64. The van der Waals surface area contributed by atoms with Crippen molar-refractivity contribution in [2.45, 2.75) is 19.1 Å². The molecule has 0 aromatic heterocycles. The third-order valence-electron chi connectivity index (χ3n) is 2.34. The van der Waals surface area contributed by atoms with Crippen LogP contribution >= 0.6 is 0 Å². The number of aromatic hydroxyl groups is 1. The molecular formula is C11H16N2O3. The molecule has 0 aliphatic rings. The molecule has 5 heteroatoms. The number of aliphatic hydroxyl groups is 1. The van der Waals surface area contributed by atoms with Crippen molar-refractivity contribution in [3.63, 3.8) is 0 Å². The minimum Gasteiger partial charge on any atom is -0.508 e. The van der Waals surface area contributed by atoms with Crippen molar-refractivity contribution in [1.29, 1.82) is 0 Å². The lowest BCUT2D eigenvalue weighted by Crippen LogP contribution is -2.38. The summed E-state index contributed by atoms with van der Waals surface area (Å²) < 4.78 is 0. The monoisotopic (exact) mass is 224 g/mol. The second-order valence-electron chi connectivity index (χ2n) is 3.64. The largest absolute Gasteiger partial charge is 0.508 e. The first-order valence-electron chi connectivity index (χ1n) is 5.00. The van der Waals surface area contributed by atoms with Gasteiger partial charge in [0.05, 0.1) is 0 Å². The van der Waals surface area contributed by atoms with Crippen molar-refractivity contribution in [3.05, 3.63) is 29.8 Å². The van der Waals surface area contributed by atoms with Crippen molar-refractivity contribution in [3.8, 4) is 5.75 Å². The number of hydrogen-bond acceptors (Lipinski definition) is 4. The molecule has 5 nitrogen and oxygen atoms in total. The Kier molecular flexibility index (Phi) is 4.28. The zero-order chi connectivity index (χ0) is 12.1. The predicted octanol–water partition coefficient (Wildman–Crippen LogP) is -0.111. The fraction of sp³-hybridized carbons (Fsp3) is 0.364. The van der Waals surface area contributed by atoms with E-state index in [0.717, 1.165) is 5.56 Å². The zero-order valence-electron chi connectivity index (χ0n) is 9.05. The number of amides is 1. The third kappa shape index (κ3) is 3.52. The Morgan fingerprint density at radius 1 is 1.44 bits per heavy atom.